The Kier molecular flexibility index (Phi) is 7.01. The number of nitrogens with zero attached hydrogens (tertiary/aromatic N) is 2. The molecular formula is C17H25ClFN3O3S. The first kappa shape index (κ1) is 21.1. The van der Waals surface area contributed by atoms with Crippen molar-refractivity contribution in [1.29, 1.82) is 0 Å². The highest BCUT2D eigenvalue weighted by Gasteiger charge is 2.36. The van der Waals surface area contributed by atoms with Gasteiger partial charge >= 0.3 is 0 Å². The third-order valence-electron chi connectivity index (χ3n) is 4.97. The van der Waals surface area contributed by atoms with Crippen molar-refractivity contribution in [3.8, 4) is 0 Å². The van der Waals surface area contributed by atoms with Crippen molar-refractivity contribution >= 4 is 28.3 Å². The molecule has 0 aliphatic carbocycles. The molecule has 1 N–H and O–H groups in total. The summed E-state index contributed by atoms with van der Waals surface area (Å²) in [4.78, 5) is 14.8. The van der Waals surface area contributed by atoms with Crippen LogP contribution in [0.25, 0.3) is 0 Å². The van der Waals surface area contributed by atoms with Crippen LogP contribution in [0.4, 0.5) is 4.39 Å². The lowest BCUT2D eigenvalue weighted by atomic mass is 9.97. The third-order valence-corrected chi connectivity index (χ3v) is 6.85. The SMILES string of the molecule is CC1CNCCN1C(=O)C1CCCN(S(=O)(=O)c2ccc(F)cc2)C1.Cl. The van der Waals surface area contributed by atoms with Gasteiger partial charge in [-0.15, -0.1) is 12.4 Å². The molecular weight excluding hydrogens is 381 g/mol. The summed E-state index contributed by atoms with van der Waals surface area (Å²) in [5.74, 6) is -0.754. The molecule has 0 bridgehead atoms. The predicted octanol–water partition coefficient (Wildman–Crippen LogP) is 1.47. The Labute approximate surface area is 160 Å². The van der Waals surface area contributed by atoms with Crippen molar-refractivity contribution < 1.29 is 17.6 Å². The second kappa shape index (κ2) is 8.65. The standard InChI is InChI=1S/C17H24FN3O3S.ClH/c1-13-11-19-8-10-21(13)17(22)14-3-2-9-20(12-14)25(23,24)16-6-4-15(18)5-7-16;/h4-7,13-14,19H,2-3,8-12H2,1H3;1H. The van der Waals surface area contributed by atoms with E-state index in [0.29, 0.717) is 25.9 Å². The zero-order chi connectivity index (χ0) is 18.0. The highest BCUT2D eigenvalue weighted by Crippen LogP contribution is 2.26. The van der Waals surface area contributed by atoms with Gasteiger partial charge in [0.15, 0.2) is 0 Å². The molecule has 0 aromatic heterocycles. The van der Waals surface area contributed by atoms with Crippen LogP contribution >= 0.6 is 12.4 Å². The van der Waals surface area contributed by atoms with Crippen LogP contribution in [-0.4, -0.2) is 62.3 Å². The van der Waals surface area contributed by atoms with E-state index in [4.69, 9.17) is 0 Å². The molecule has 2 saturated heterocycles. The Hall–Kier alpha value is -1.22. The second-order valence-corrected chi connectivity index (χ2v) is 8.68. The van der Waals surface area contributed by atoms with E-state index >= 15 is 0 Å². The van der Waals surface area contributed by atoms with Gasteiger partial charge in [0.25, 0.3) is 0 Å². The maximum atomic E-state index is 13.1. The van der Waals surface area contributed by atoms with Gasteiger partial charge in [0, 0.05) is 38.8 Å². The number of benzene rings is 1. The number of rotatable bonds is 3. The number of piperidine rings is 1. The van der Waals surface area contributed by atoms with Crippen LogP contribution in [0, 0.1) is 11.7 Å². The minimum absolute atomic E-state index is 0. The molecule has 2 aliphatic heterocycles. The highest BCUT2D eigenvalue weighted by atomic mass is 35.5. The maximum Gasteiger partial charge on any atom is 0.243 e. The lowest BCUT2D eigenvalue weighted by Gasteiger charge is -2.39. The fraction of sp³-hybridized carbons (Fsp3) is 0.588. The summed E-state index contributed by atoms with van der Waals surface area (Å²) in [5.41, 5.74) is 0. The van der Waals surface area contributed by atoms with Gasteiger partial charge in [0.2, 0.25) is 15.9 Å². The van der Waals surface area contributed by atoms with Gasteiger partial charge in [-0.05, 0) is 44.0 Å². The summed E-state index contributed by atoms with van der Waals surface area (Å²) in [6.45, 7) is 4.76. The predicted molar refractivity (Wildman–Crippen MR) is 99.2 cm³/mol. The largest absolute Gasteiger partial charge is 0.337 e. The van der Waals surface area contributed by atoms with Crippen molar-refractivity contribution in [2.45, 2.75) is 30.7 Å². The Morgan fingerprint density at radius 3 is 2.58 bits per heavy atom. The van der Waals surface area contributed by atoms with Gasteiger partial charge in [-0.3, -0.25) is 4.79 Å². The summed E-state index contributed by atoms with van der Waals surface area (Å²) >= 11 is 0. The third kappa shape index (κ3) is 4.36. The minimum Gasteiger partial charge on any atom is -0.337 e. The summed E-state index contributed by atoms with van der Waals surface area (Å²) in [5, 5.41) is 3.25. The topological polar surface area (TPSA) is 69.7 Å². The molecule has 2 aliphatic rings. The summed E-state index contributed by atoms with van der Waals surface area (Å²) < 4.78 is 40.0. The smallest absolute Gasteiger partial charge is 0.243 e. The lowest BCUT2D eigenvalue weighted by molar-refractivity contribution is -0.139. The van der Waals surface area contributed by atoms with Crippen LogP contribution in [0.1, 0.15) is 19.8 Å². The van der Waals surface area contributed by atoms with Crippen LogP contribution in [0.2, 0.25) is 0 Å². The summed E-state index contributed by atoms with van der Waals surface area (Å²) in [7, 11) is -3.71. The molecule has 2 atom stereocenters. The molecule has 2 heterocycles. The van der Waals surface area contributed by atoms with Crippen molar-refractivity contribution in [2.75, 3.05) is 32.7 Å². The van der Waals surface area contributed by atoms with E-state index in [1.807, 2.05) is 11.8 Å². The number of nitrogens with one attached hydrogen (secondary N) is 1. The van der Waals surface area contributed by atoms with E-state index in [1.54, 1.807) is 0 Å². The first-order valence-corrected chi connectivity index (χ1v) is 10.1. The number of carbonyl (C=O) groups is 1. The summed E-state index contributed by atoms with van der Waals surface area (Å²) in [6.07, 6.45) is 1.35. The molecule has 1 aromatic rings. The van der Waals surface area contributed by atoms with Gasteiger partial charge in [-0.1, -0.05) is 0 Å². The Morgan fingerprint density at radius 2 is 1.92 bits per heavy atom. The molecule has 0 radical (unpaired) electrons. The van der Waals surface area contributed by atoms with Gasteiger partial charge in [-0.2, -0.15) is 4.31 Å². The lowest BCUT2D eigenvalue weighted by Crippen LogP contribution is -2.55. The molecule has 3 rings (SSSR count). The average Bonchev–Trinajstić information content (AvgIpc) is 2.62. The Bertz CT molecular complexity index is 729. The molecule has 2 fully saturated rings. The second-order valence-electron chi connectivity index (χ2n) is 6.74. The molecule has 0 spiro atoms. The number of hydrogen-bond acceptors (Lipinski definition) is 4. The molecule has 1 aromatic carbocycles. The molecule has 9 heteroatoms. The van der Waals surface area contributed by atoms with E-state index in [9.17, 15) is 17.6 Å². The fourth-order valence-corrected chi connectivity index (χ4v) is 5.04. The van der Waals surface area contributed by atoms with Gasteiger partial charge < -0.3 is 10.2 Å². The van der Waals surface area contributed by atoms with Gasteiger partial charge in [0.05, 0.1) is 10.8 Å². The van der Waals surface area contributed by atoms with Gasteiger partial charge in [-0.25, -0.2) is 12.8 Å². The summed E-state index contributed by atoms with van der Waals surface area (Å²) in [6, 6.07) is 4.94. The number of amides is 1. The van der Waals surface area contributed by atoms with Crippen LogP contribution in [-0.2, 0) is 14.8 Å². The van der Waals surface area contributed by atoms with Crippen LogP contribution in [0.3, 0.4) is 0 Å². The molecule has 26 heavy (non-hydrogen) atoms. The van der Waals surface area contributed by atoms with E-state index in [0.717, 1.165) is 25.2 Å². The van der Waals surface area contributed by atoms with E-state index in [-0.39, 0.29) is 41.7 Å². The molecule has 6 nitrogen and oxygen atoms in total. The minimum atomic E-state index is -3.71. The van der Waals surface area contributed by atoms with Gasteiger partial charge in [0.1, 0.15) is 5.82 Å². The Balaban J connectivity index is 0.00000243. The number of sulfonamides is 1. The van der Waals surface area contributed by atoms with Crippen molar-refractivity contribution in [3.05, 3.63) is 30.1 Å². The van der Waals surface area contributed by atoms with E-state index in [1.165, 1.54) is 16.4 Å². The van der Waals surface area contributed by atoms with Crippen molar-refractivity contribution in [2.24, 2.45) is 5.92 Å². The van der Waals surface area contributed by atoms with Crippen LogP contribution in [0.5, 0.6) is 0 Å². The van der Waals surface area contributed by atoms with Crippen molar-refractivity contribution in [1.82, 2.24) is 14.5 Å². The monoisotopic (exact) mass is 405 g/mol. The zero-order valence-electron chi connectivity index (χ0n) is 14.7. The fourth-order valence-electron chi connectivity index (χ4n) is 3.52. The zero-order valence-corrected chi connectivity index (χ0v) is 16.4. The molecule has 146 valence electrons. The Morgan fingerprint density at radius 1 is 1.23 bits per heavy atom. The highest BCUT2D eigenvalue weighted by molar-refractivity contribution is 7.89. The number of hydrogen-bond donors (Lipinski definition) is 1. The number of piperazine rings is 1. The van der Waals surface area contributed by atoms with Crippen LogP contribution < -0.4 is 5.32 Å². The van der Waals surface area contributed by atoms with Crippen molar-refractivity contribution in [3.63, 3.8) is 0 Å². The molecule has 2 unspecified atom stereocenters. The maximum absolute atomic E-state index is 13.1. The first-order chi connectivity index (χ1) is 11.9. The number of carbonyl (C=O) groups excluding carboxylic acids is 1. The normalized spacial score (nSPS) is 24.8. The average molecular weight is 406 g/mol. The molecule has 0 saturated carbocycles. The quantitative estimate of drug-likeness (QED) is 0.826. The van der Waals surface area contributed by atoms with E-state index < -0.39 is 15.8 Å². The number of halogens is 2. The van der Waals surface area contributed by atoms with Crippen LogP contribution in [0.15, 0.2) is 29.2 Å². The first-order valence-electron chi connectivity index (χ1n) is 8.66. The molecule has 1 amide bonds. The van der Waals surface area contributed by atoms with E-state index in [2.05, 4.69) is 5.32 Å².